The highest BCUT2D eigenvalue weighted by atomic mass is 32.2. The summed E-state index contributed by atoms with van der Waals surface area (Å²) < 4.78 is 1.59. The van der Waals surface area contributed by atoms with Gasteiger partial charge in [0.25, 0.3) is 0 Å². The van der Waals surface area contributed by atoms with Crippen LogP contribution in [0, 0.1) is 5.92 Å². The van der Waals surface area contributed by atoms with Crippen molar-refractivity contribution in [2.24, 2.45) is 5.92 Å². The van der Waals surface area contributed by atoms with Gasteiger partial charge in [-0.25, -0.2) is 9.89 Å². The number of H-pyrrole nitrogens is 1. The molecule has 0 unspecified atom stereocenters. The average molecular weight is 326 g/mol. The largest absolute Gasteiger partial charge is 0.355 e. The van der Waals surface area contributed by atoms with Crippen molar-refractivity contribution < 1.29 is 4.79 Å². The second kappa shape index (κ2) is 8.41. The maximum Gasteiger partial charge on any atom is 0.343 e. The summed E-state index contributed by atoms with van der Waals surface area (Å²) in [6.45, 7) is 5.25. The minimum atomic E-state index is -0.255. The molecule has 1 saturated carbocycles. The lowest BCUT2D eigenvalue weighted by molar-refractivity contribution is -0.120. The average Bonchev–Trinajstić information content (AvgIpc) is 2.87. The molecule has 1 atom stereocenters. The molecule has 1 amide bonds. The van der Waals surface area contributed by atoms with Crippen LogP contribution in [0.2, 0.25) is 0 Å². The van der Waals surface area contributed by atoms with Crippen LogP contribution in [0.1, 0.15) is 52.4 Å². The fourth-order valence-electron chi connectivity index (χ4n) is 2.81. The van der Waals surface area contributed by atoms with E-state index in [0.717, 1.165) is 13.0 Å². The molecule has 124 valence electrons. The van der Waals surface area contributed by atoms with Crippen LogP contribution in [0.5, 0.6) is 0 Å². The van der Waals surface area contributed by atoms with Crippen molar-refractivity contribution >= 4 is 17.7 Å². The lowest BCUT2D eigenvalue weighted by Crippen LogP contribution is -2.35. The number of thioether (sulfide) groups is 1. The maximum absolute atomic E-state index is 12.2. The van der Waals surface area contributed by atoms with Crippen molar-refractivity contribution in [3.8, 4) is 0 Å². The zero-order valence-corrected chi connectivity index (χ0v) is 14.2. The lowest BCUT2D eigenvalue weighted by atomic mass is 9.89. The van der Waals surface area contributed by atoms with E-state index in [9.17, 15) is 9.59 Å². The van der Waals surface area contributed by atoms with Gasteiger partial charge in [0.2, 0.25) is 5.91 Å². The summed E-state index contributed by atoms with van der Waals surface area (Å²) in [5.74, 6) is 0.646. The first-order valence-electron chi connectivity index (χ1n) is 8.21. The molecule has 1 aliphatic rings. The molecule has 1 aromatic heterocycles. The third-order valence-electron chi connectivity index (χ3n) is 4.11. The highest BCUT2D eigenvalue weighted by Gasteiger charge is 2.20. The van der Waals surface area contributed by atoms with Crippen molar-refractivity contribution in [2.45, 2.75) is 69.3 Å². The van der Waals surface area contributed by atoms with Gasteiger partial charge in [-0.05, 0) is 32.1 Å². The molecule has 0 bridgehead atoms. The number of aromatic nitrogens is 3. The molecule has 0 radical (unpaired) electrons. The third kappa shape index (κ3) is 4.63. The van der Waals surface area contributed by atoms with Gasteiger partial charge in [0, 0.05) is 13.1 Å². The van der Waals surface area contributed by atoms with Crippen LogP contribution in [-0.4, -0.2) is 32.5 Å². The number of rotatable bonds is 7. The number of nitrogens with one attached hydrogen (secondary N) is 2. The van der Waals surface area contributed by atoms with Gasteiger partial charge in [-0.1, -0.05) is 37.9 Å². The Hall–Kier alpha value is -1.24. The van der Waals surface area contributed by atoms with Crippen LogP contribution in [-0.2, 0) is 11.3 Å². The molecule has 1 fully saturated rings. The van der Waals surface area contributed by atoms with Crippen molar-refractivity contribution in [1.29, 1.82) is 0 Å². The smallest absolute Gasteiger partial charge is 0.343 e. The van der Waals surface area contributed by atoms with Crippen LogP contribution in [0.3, 0.4) is 0 Å². The zero-order valence-electron chi connectivity index (χ0n) is 13.4. The number of carbonyl (C=O) groups excluding carboxylic acids is 1. The van der Waals surface area contributed by atoms with Crippen LogP contribution in [0.15, 0.2) is 9.95 Å². The van der Waals surface area contributed by atoms with E-state index in [2.05, 4.69) is 15.5 Å². The van der Waals surface area contributed by atoms with E-state index in [-0.39, 0.29) is 16.8 Å². The highest BCUT2D eigenvalue weighted by Crippen LogP contribution is 2.23. The van der Waals surface area contributed by atoms with Crippen molar-refractivity contribution in [1.82, 2.24) is 20.1 Å². The molecule has 0 aromatic carbocycles. The first-order chi connectivity index (χ1) is 10.6. The molecular weight excluding hydrogens is 300 g/mol. The molecule has 22 heavy (non-hydrogen) atoms. The van der Waals surface area contributed by atoms with Gasteiger partial charge in [-0.3, -0.25) is 9.36 Å². The Morgan fingerprint density at radius 3 is 2.86 bits per heavy atom. The zero-order chi connectivity index (χ0) is 15.9. The van der Waals surface area contributed by atoms with Gasteiger partial charge in [0.15, 0.2) is 5.16 Å². The molecule has 0 spiro atoms. The fraction of sp³-hybridized carbons (Fsp3) is 0.800. The van der Waals surface area contributed by atoms with Gasteiger partial charge in [-0.2, -0.15) is 0 Å². The lowest BCUT2D eigenvalue weighted by Gasteiger charge is -2.22. The summed E-state index contributed by atoms with van der Waals surface area (Å²) in [6.07, 6.45) is 7.18. The molecule has 1 aromatic rings. The normalized spacial score (nSPS) is 17.4. The Balaban J connectivity index is 1.84. The highest BCUT2D eigenvalue weighted by molar-refractivity contribution is 8.00. The second-order valence-electron chi connectivity index (χ2n) is 5.97. The summed E-state index contributed by atoms with van der Waals surface area (Å²) in [5.41, 5.74) is -0.209. The first-order valence-corrected chi connectivity index (χ1v) is 9.09. The topological polar surface area (TPSA) is 79.8 Å². The van der Waals surface area contributed by atoms with Crippen LogP contribution >= 0.6 is 11.8 Å². The van der Waals surface area contributed by atoms with E-state index in [1.54, 1.807) is 4.57 Å². The van der Waals surface area contributed by atoms with E-state index in [1.807, 2.05) is 13.8 Å². The summed E-state index contributed by atoms with van der Waals surface area (Å²) >= 11 is 1.33. The summed E-state index contributed by atoms with van der Waals surface area (Å²) in [6, 6.07) is 0. The van der Waals surface area contributed by atoms with Crippen LogP contribution < -0.4 is 11.0 Å². The standard InChI is InChI=1S/C15H26N4O2S/c1-3-9-19-14(21)17-18-15(19)22-11(2)13(20)16-10-12-7-5-4-6-8-12/h11-12H,3-10H2,1-2H3,(H,16,20)(H,17,21)/t11-/m1/s1. The summed E-state index contributed by atoms with van der Waals surface area (Å²) in [7, 11) is 0. The molecule has 2 rings (SSSR count). The van der Waals surface area contributed by atoms with E-state index in [4.69, 9.17) is 0 Å². The molecule has 0 aliphatic heterocycles. The number of aromatic amines is 1. The number of carbonyl (C=O) groups is 1. The summed E-state index contributed by atoms with van der Waals surface area (Å²) in [4.78, 5) is 23.9. The Morgan fingerprint density at radius 2 is 2.18 bits per heavy atom. The SMILES string of the molecule is CCCn1c(S[C@H](C)C(=O)NCC2CCCCC2)n[nH]c1=O. The van der Waals surface area contributed by atoms with E-state index in [0.29, 0.717) is 17.6 Å². The Morgan fingerprint density at radius 1 is 1.45 bits per heavy atom. The molecule has 2 N–H and O–H groups in total. The Kier molecular flexibility index (Phi) is 6.54. The predicted octanol–water partition coefficient (Wildman–Crippen LogP) is 2.16. The summed E-state index contributed by atoms with van der Waals surface area (Å²) in [5, 5.41) is 9.85. The van der Waals surface area contributed by atoms with Crippen molar-refractivity contribution in [2.75, 3.05) is 6.54 Å². The molecule has 7 heteroatoms. The second-order valence-corrected chi connectivity index (χ2v) is 7.28. The molecular formula is C15H26N4O2S. The van der Waals surface area contributed by atoms with Gasteiger partial charge in [0.1, 0.15) is 0 Å². The molecule has 6 nitrogen and oxygen atoms in total. The maximum atomic E-state index is 12.2. The van der Waals surface area contributed by atoms with Crippen LogP contribution in [0.25, 0.3) is 0 Å². The number of hydrogen-bond donors (Lipinski definition) is 2. The minimum absolute atomic E-state index is 0.0223. The van der Waals surface area contributed by atoms with E-state index in [1.165, 1.54) is 43.9 Å². The molecule has 1 aliphatic carbocycles. The Bertz CT molecular complexity index is 534. The minimum Gasteiger partial charge on any atom is -0.355 e. The monoisotopic (exact) mass is 326 g/mol. The van der Waals surface area contributed by atoms with Gasteiger partial charge >= 0.3 is 5.69 Å². The molecule has 0 saturated heterocycles. The molecule has 1 heterocycles. The van der Waals surface area contributed by atoms with Gasteiger partial charge in [0.05, 0.1) is 5.25 Å². The van der Waals surface area contributed by atoms with Gasteiger partial charge < -0.3 is 5.32 Å². The Labute approximate surface area is 135 Å². The van der Waals surface area contributed by atoms with Gasteiger partial charge in [-0.15, -0.1) is 5.10 Å². The fourth-order valence-corrected chi connectivity index (χ4v) is 3.71. The quantitative estimate of drug-likeness (QED) is 0.753. The first kappa shape index (κ1) is 17.1. The third-order valence-corrected chi connectivity index (χ3v) is 5.20. The number of amides is 1. The number of hydrogen-bond acceptors (Lipinski definition) is 4. The number of nitrogens with zero attached hydrogens (tertiary/aromatic N) is 2. The predicted molar refractivity (Wildman–Crippen MR) is 88.0 cm³/mol. The van der Waals surface area contributed by atoms with E-state index >= 15 is 0 Å². The van der Waals surface area contributed by atoms with E-state index < -0.39 is 0 Å². The van der Waals surface area contributed by atoms with Crippen molar-refractivity contribution in [3.05, 3.63) is 10.5 Å². The van der Waals surface area contributed by atoms with Crippen LogP contribution in [0.4, 0.5) is 0 Å². The van der Waals surface area contributed by atoms with Crippen molar-refractivity contribution in [3.63, 3.8) is 0 Å².